The Bertz CT molecular complexity index is 505. The number of aryl methyl sites for hydroxylation is 1. The molecule has 1 saturated heterocycles. The first-order chi connectivity index (χ1) is 9.18. The highest BCUT2D eigenvalue weighted by Crippen LogP contribution is 2.35. The summed E-state index contributed by atoms with van der Waals surface area (Å²) in [6.45, 7) is 1.67. The third-order valence-electron chi connectivity index (χ3n) is 3.81. The zero-order valence-corrected chi connectivity index (χ0v) is 12.1. The molecule has 0 saturated carbocycles. The monoisotopic (exact) mass is 294 g/mol. The van der Waals surface area contributed by atoms with Gasteiger partial charge in [0.05, 0.1) is 11.5 Å². The summed E-state index contributed by atoms with van der Waals surface area (Å²) in [5.41, 5.74) is 1.55. The molecule has 4 nitrogen and oxygen atoms in total. The molecule has 0 aliphatic carbocycles. The number of benzene rings is 1. The van der Waals surface area contributed by atoms with E-state index < -0.39 is 11.4 Å². The Balaban J connectivity index is 0.00000200. The summed E-state index contributed by atoms with van der Waals surface area (Å²) in [4.78, 5) is 10.7. The van der Waals surface area contributed by atoms with Crippen LogP contribution in [0.15, 0.2) is 24.3 Å². The van der Waals surface area contributed by atoms with Crippen LogP contribution in [0.1, 0.15) is 30.4 Å². The normalized spacial score (nSPS) is 16.8. The smallest absolute Gasteiger partial charge is 0.303 e. The number of carboxylic acids is 1. The van der Waals surface area contributed by atoms with Gasteiger partial charge in [0.15, 0.2) is 0 Å². The van der Waals surface area contributed by atoms with E-state index in [2.05, 4.69) is 11.4 Å². The van der Waals surface area contributed by atoms with E-state index in [1.807, 2.05) is 24.3 Å². The van der Waals surface area contributed by atoms with E-state index in [4.69, 9.17) is 5.11 Å². The fourth-order valence-electron chi connectivity index (χ4n) is 2.74. The second-order valence-electron chi connectivity index (χ2n) is 4.99. The molecule has 1 fully saturated rings. The molecule has 0 bridgehead atoms. The largest absolute Gasteiger partial charge is 0.481 e. The highest BCUT2D eigenvalue weighted by atomic mass is 35.5. The molecule has 20 heavy (non-hydrogen) atoms. The molecule has 0 radical (unpaired) electrons. The fourth-order valence-corrected chi connectivity index (χ4v) is 2.74. The van der Waals surface area contributed by atoms with Crippen molar-refractivity contribution in [1.29, 1.82) is 5.26 Å². The van der Waals surface area contributed by atoms with Crippen molar-refractivity contribution in [2.45, 2.75) is 31.1 Å². The zero-order chi connectivity index (χ0) is 13.7. The first-order valence-corrected chi connectivity index (χ1v) is 6.60. The molecule has 5 heteroatoms. The number of nitrogens with zero attached hydrogens (tertiary/aromatic N) is 1. The number of carbonyl (C=O) groups is 1. The molecular weight excluding hydrogens is 276 g/mol. The van der Waals surface area contributed by atoms with Gasteiger partial charge in [-0.3, -0.25) is 4.79 Å². The second-order valence-corrected chi connectivity index (χ2v) is 4.99. The van der Waals surface area contributed by atoms with Crippen molar-refractivity contribution in [2.24, 2.45) is 0 Å². The van der Waals surface area contributed by atoms with Gasteiger partial charge in [-0.05, 0) is 43.5 Å². The van der Waals surface area contributed by atoms with Crippen LogP contribution in [0, 0.1) is 11.3 Å². The van der Waals surface area contributed by atoms with E-state index in [9.17, 15) is 10.1 Å². The number of nitrogens with one attached hydrogen (secondary N) is 1. The molecule has 108 valence electrons. The van der Waals surface area contributed by atoms with Gasteiger partial charge in [-0.1, -0.05) is 24.3 Å². The average Bonchev–Trinajstić information content (AvgIpc) is 2.46. The third kappa shape index (κ3) is 3.50. The van der Waals surface area contributed by atoms with Crippen molar-refractivity contribution >= 4 is 18.4 Å². The Labute approximate surface area is 125 Å². The predicted octanol–water partition coefficient (Wildman–Crippen LogP) is 2.27. The van der Waals surface area contributed by atoms with Crippen LogP contribution in [0.4, 0.5) is 0 Å². The third-order valence-corrected chi connectivity index (χ3v) is 3.81. The number of aliphatic carboxylic acids is 1. The standard InChI is InChI=1S/C15H18N2O2.ClH/c16-11-15(7-9-17-10-8-15)13-4-2-1-3-12(13)5-6-14(18)19;/h1-4,17H,5-10H2,(H,18,19);1H. The van der Waals surface area contributed by atoms with Crippen LogP contribution in [0.2, 0.25) is 0 Å². The maximum Gasteiger partial charge on any atom is 0.303 e. The summed E-state index contributed by atoms with van der Waals surface area (Å²) in [5, 5.41) is 21.7. The lowest BCUT2D eigenvalue weighted by molar-refractivity contribution is -0.136. The highest BCUT2D eigenvalue weighted by Gasteiger charge is 2.35. The zero-order valence-electron chi connectivity index (χ0n) is 11.3. The molecule has 1 heterocycles. The van der Waals surface area contributed by atoms with Crippen LogP contribution >= 0.6 is 12.4 Å². The first-order valence-electron chi connectivity index (χ1n) is 6.60. The molecule has 1 aromatic carbocycles. The summed E-state index contributed by atoms with van der Waals surface area (Å²) < 4.78 is 0. The Morgan fingerprint density at radius 1 is 1.35 bits per heavy atom. The minimum atomic E-state index is -0.800. The van der Waals surface area contributed by atoms with Gasteiger partial charge in [0.2, 0.25) is 0 Å². The van der Waals surface area contributed by atoms with Crippen LogP contribution in [0.3, 0.4) is 0 Å². The van der Waals surface area contributed by atoms with Crippen LogP contribution in [0.25, 0.3) is 0 Å². The lowest BCUT2D eigenvalue weighted by Gasteiger charge is -2.33. The van der Waals surface area contributed by atoms with Crippen LogP contribution in [-0.4, -0.2) is 24.2 Å². The molecule has 0 spiro atoms. The quantitative estimate of drug-likeness (QED) is 0.893. The van der Waals surface area contributed by atoms with Crippen molar-refractivity contribution in [3.05, 3.63) is 35.4 Å². The lowest BCUT2D eigenvalue weighted by Crippen LogP contribution is -2.39. The number of halogens is 1. The maximum absolute atomic E-state index is 10.7. The number of nitriles is 1. The van der Waals surface area contributed by atoms with Gasteiger partial charge in [0.1, 0.15) is 0 Å². The van der Waals surface area contributed by atoms with E-state index in [-0.39, 0.29) is 18.8 Å². The van der Waals surface area contributed by atoms with E-state index in [1.165, 1.54) is 0 Å². The molecule has 0 atom stereocenters. The fraction of sp³-hybridized carbons (Fsp3) is 0.467. The number of carboxylic acid groups (broad SMARTS) is 1. The minimum absolute atomic E-state index is 0. The first kappa shape index (κ1) is 16.5. The van der Waals surface area contributed by atoms with E-state index >= 15 is 0 Å². The molecule has 1 aliphatic heterocycles. The van der Waals surface area contributed by atoms with Crippen LogP contribution in [-0.2, 0) is 16.6 Å². The van der Waals surface area contributed by atoms with Crippen molar-refractivity contribution in [3.8, 4) is 6.07 Å². The minimum Gasteiger partial charge on any atom is -0.481 e. The molecular formula is C15H19ClN2O2. The molecule has 1 aliphatic rings. The van der Waals surface area contributed by atoms with Gasteiger partial charge in [-0.2, -0.15) is 5.26 Å². The van der Waals surface area contributed by atoms with Crippen LogP contribution in [0.5, 0.6) is 0 Å². The Hall–Kier alpha value is -1.57. The molecule has 0 amide bonds. The summed E-state index contributed by atoms with van der Waals surface area (Å²) in [6.07, 6.45) is 2.17. The second kappa shape index (κ2) is 7.28. The number of piperidine rings is 1. The summed E-state index contributed by atoms with van der Waals surface area (Å²) >= 11 is 0. The van der Waals surface area contributed by atoms with Gasteiger partial charge in [-0.15, -0.1) is 12.4 Å². The molecule has 1 aromatic rings. The Kier molecular flexibility index (Phi) is 6.00. The maximum atomic E-state index is 10.7. The summed E-state index contributed by atoms with van der Waals surface area (Å²) in [6, 6.07) is 10.2. The summed E-state index contributed by atoms with van der Waals surface area (Å²) in [5.74, 6) is -0.800. The number of rotatable bonds is 4. The lowest BCUT2D eigenvalue weighted by atomic mass is 9.72. The van der Waals surface area contributed by atoms with E-state index in [1.54, 1.807) is 0 Å². The van der Waals surface area contributed by atoms with Crippen molar-refractivity contribution in [1.82, 2.24) is 5.32 Å². The SMILES string of the molecule is Cl.N#CC1(c2ccccc2CCC(=O)O)CCNCC1. The Morgan fingerprint density at radius 3 is 2.60 bits per heavy atom. The molecule has 0 aromatic heterocycles. The van der Waals surface area contributed by atoms with Crippen molar-refractivity contribution in [2.75, 3.05) is 13.1 Å². The molecule has 2 N–H and O–H groups in total. The van der Waals surface area contributed by atoms with Gasteiger partial charge in [0.25, 0.3) is 0 Å². The topological polar surface area (TPSA) is 73.1 Å². The predicted molar refractivity (Wildman–Crippen MR) is 79.0 cm³/mol. The molecule has 0 unspecified atom stereocenters. The Morgan fingerprint density at radius 2 is 2.00 bits per heavy atom. The highest BCUT2D eigenvalue weighted by molar-refractivity contribution is 5.85. The van der Waals surface area contributed by atoms with Crippen molar-refractivity contribution in [3.63, 3.8) is 0 Å². The number of hydrogen-bond acceptors (Lipinski definition) is 3. The van der Waals surface area contributed by atoms with E-state index in [0.29, 0.717) is 6.42 Å². The molecule has 2 rings (SSSR count). The van der Waals surface area contributed by atoms with Gasteiger partial charge in [-0.25, -0.2) is 0 Å². The average molecular weight is 295 g/mol. The summed E-state index contributed by atoms with van der Waals surface area (Å²) in [7, 11) is 0. The van der Waals surface area contributed by atoms with Gasteiger partial charge in [0, 0.05) is 6.42 Å². The van der Waals surface area contributed by atoms with Crippen LogP contribution < -0.4 is 5.32 Å². The van der Waals surface area contributed by atoms with Gasteiger partial charge >= 0.3 is 5.97 Å². The number of hydrogen-bond donors (Lipinski definition) is 2. The van der Waals surface area contributed by atoms with Crippen molar-refractivity contribution < 1.29 is 9.90 Å². The van der Waals surface area contributed by atoms with E-state index in [0.717, 1.165) is 37.1 Å². The van der Waals surface area contributed by atoms with Gasteiger partial charge < -0.3 is 10.4 Å².